The summed E-state index contributed by atoms with van der Waals surface area (Å²) in [7, 11) is 2.02. The molecule has 9 heteroatoms. The van der Waals surface area contributed by atoms with Gasteiger partial charge in [0.2, 0.25) is 17.7 Å². The molecular weight excluding hydrogens is 485 g/mol. The van der Waals surface area contributed by atoms with Crippen molar-refractivity contribution in [2.75, 3.05) is 38.5 Å². The number of anilines is 1. The van der Waals surface area contributed by atoms with Gasteiger partial charge in [-0.05, 0) is 81.0 Å². The van der Waals surface area contributed by atoms with Gasteiger partial charge in [0.05, 0.1) is 11.7 Å². The molecule has 0 radical (unpaired) electrons. The van der Waals surface area contributed by atoms with Crippen molar-refractivity contribution in [3.8, 4) is 0 Å². The second-order valence-electron chi connectivity index (χ2n) is 12.2. The minimum Gasteiger partial charge on any atom is -0.343 e. The quantitative estimate of drug-likeness (QED) is 0.482. The molecule has 4 aliphatic rings. The highest BCUT2D eigenvalue weighted by Crippen LogP contribution is 2.58. The van der Waals surface area contributed by atoms with Gasteiger partial charge < -0.3 is 26.2 Å². The molecule has 38 heavy (non-hydrogen) atoms. The van der Waals surface area contributed by atoms with E-state index in [1.54, 1.807) is 19.1 Å². The minimum atomic E-state index is -0.743. The number of hydrogen-bond donors (Lipinski definition) is 3. The molecule has 1 heterocycles. The fourth-order valence-electron chi connectivity index (χ4n) is 6.58. The SMILES string of the molecule is CCC(=O)N[C@@H](C(=O)N1CCN(C)CC1)C1(c2ccc(NC(=O)[C@@H](N)[C@H]3CCCC4(CC4)C3)c(F)c2)CC1. The van der Waals surface area contributed by atoms with E-state index in [1.807, 2.05) is 11.9 Å². The summed E-state index contributed by atoms with van der Waals surface area (Å²) in [5, 5.41) is 5.67. The summed E-state index contributed by atoms with van der Waals surface area (Å²) in [6.45, 7) is 4.52. The summed E-state index contributed by atoms with van der Waals surface area (Å²) in [5.74, 6) is -1.07. The molecule has 3 amide bonds. The fourth-order valence-corrected chi connectivity index (χ4v) is 6.58. The molecule has 5 rings (SSSR count). The van der Waals surface area contributed by atoms with E-state index in [9.17, 15) is 14.4 Å². The van der Waals surface area contributed by atoms with Crippen LogP contribution in [0.5, 0.6) is 0 Å². The van der Waals surface area contributed by atoms with Crippen LogP contribution in [0, 0.1) is 17.2 Å². The molecular formula is C29H42FN5O3. The van der Waals surface area contributed by atoms with Gasteiger partial charge in [0.1, 0.15) is 11.9 Å². The number of carbonyl (C=O) groups is 3. The van der Waals surface area contributed by atoms with Gasteiger partial charge in [0.15, 0.2) is 0 Å². The van der Waals surface area contributed by atoms with Crippen LogP contribution >= 0.6 is 0 Å². The molecule has 1 aromatic carbocycles. The van der Waals surface area contributed by atoms with Gasteiger partial charge >= 0.3 is 0 Å². The van der Waals surface area contributed by atoms with E-state index in [0.29, 0.717) is 36.9 Å². The number of nitrogens with two attached hydrogens (primary N) is 1. The highest BCUT2D eigenvalue weighted by molar-refractivity contribution is 5.95. The third-order valence-corrected chi connectivity index (χ3v) is 9.58. The maximum absolute atomic E-state index is 15.4. The molecule has 3 atom stereocenters. The third kappa shape index (κ3) is 5.45. The van der Waals surface area contributed by atoms with Crippen molar-refractivity contribution in [3.05, 3.63) is 29.6 Å². The Bertz CT molecular complexity index is 1080. The van der Waals surface area contributed by atoms with Crippen LogP contribution < -0.4 is 16.4 Å². The van der Waals surface area contributed by atoms with Crippen LogP contribution in [-0.4, -0.2) is 72.8 Å². The third-order valence-electron chi connectivity index (χ3n) is 9.58. The highest BCUT2D eigenvalue weighted by atomic mass is 19.1. The lowest BCUT2D eigenvalue weighted by Crippen LogP contribution is -2.58. The fraction of sp³-hybridized carbons (Fsp3) is 0.690. The molecule has 0 aromatic heterocycles. The summed E-state index contributed by atoms with van der Waals surface area (Å²) in [4.78, 5) is 43.0. The Morgan fingerprint density at radius 2 is 1.82 bits per heavy atom. The number of rotatable bonds is 8. The number of carbonyl (C=O) groups excluding carboxylic acids is 3. The Morgan fingerprint density at radius 3 is 2.42 bits per heavy atom. The summed E-state index contributed by atoms with van der Waals surface area (Å²) in [5.41, 5.74) is 6.86. The van der Waals surface area contributed by atoms with Gasteiger partial charge in [0, 0.05) is 38.0 Å². The molecule has 3 saturated carbocycles. The van der Waals surface area contributed by atoms with Crippen molar-refractivity contribution in [1.29, 1.82) is 0 Å². The number of piperazine rings is 1. The van der Waals surface area contributed by atoms with Crippen molar-refractivity contribution in [2.45, 2.75) is 82.2 Å². The van der Waals surface area contributed by atoms with Crippen LogP contribution in [0.4, 0.5) is 10.1 Å². The van der Waals surface area contributed by atoms with Gasteiger partial charge in [-0.25, -0.2) is 4.39 Å². The number of hydrogen-bond acceptors (Lipinski definition) is 5. The average Bonchev–Trinajstić information content (AvgIpc) is 3.86. The molecule has 8 nitrogen and oxygen atoms in total. The van der Waals surface area contributed by atoms with Crippen molar-refractivity contribution in [3.63, 3.8) is 0 Å². The largest absolute Gasteiger partial charge is 0.343 e. The average molecular weight is 528 g/mol. The molecule has 4 fully saturated rings. The monoisotopic (exact) mass is 527 g/mol. The minimum absolute atomic E-state index is 0.0986. The molecule has 0 bridgehead atoms. The van der Waals surface area contributed by atoms with Gasteiger partial charge in [-0.2, -0.15) is 0 Å². The summed E-state index contributed by atoms with van der Waals surface area (Å²) in [6, 6.07) is 3.36. The zero-order valence-electron chi connectivity index (χ0n) is 22.7. The van der Waals surface area contributed by atoms with Gasteiger partial charge in [0.25, 0.3) is 0 Å². The molecule has 4 N–H and O–H groups in total. The van der Waals surface area contributed by atoms with Crippen molar-refractivity contribution < 1.29 is 18.8 Å². The highest BCUT2D eigenvalue weighted by Gasteiger charge is 2.55. The first kappa shape index (κ1) is 27.1. The molecule has 0 unspecified atom stereocenters. The van der Waals surface area contributed by atoms with Crippen LogP contribution in [0.3, 0.4) is 0 Å². The van der Waals surface area contributed by atoms with E-state index in [2.05, 4.69) is 15.5 Å². The predicted octanol–water partition coefficient (Wildman–Crippen LogP) is 2.76. The Hall–Kier alpha value is -2.52. The number of nitrogens with zero attached hydrogens (tertiary/aromatic N) is 2. The smallest absolute Gasteiger partial charge is 0.246 e. The number of likely N-dealkylation sites (N-methyl/N-ethyl adjacent to an activating group) is 1. The number of halogens is 1. The van der Waals surface area contributed by atoms with E-state index in [1.165, 1.54) is 25.3 Å². The maximum Gasteiger partial charge on any atom is 0.246 e. The second kappa shape index (κ2) is 10.6. The van der Waals surface area contributed by atoms with Crippen LogP contribution in [0.2, 0.25) is 0 Å². The summed E-state index contributed by atoms with van der Waals surface area (Å²) >= 11 is 0. The molecule has 3 aliphatic carbocycles. The van der Waals surface area contributed by atoms with Crippen LogP contribution in [0.1, 0.15) is 70.3 Å². The lowest BCUT2D eigenvalue weighted by atomic mass is 9.76. The van der Waals surface area contributed by atoms with Gasteiger partial charge in [-0.15, -0.1) is 0 Å². The standard InChI is InChI=1S/C29H42FN5O3/c1-3-23(36)33-25(27(38)35-15-13-34(2)14-16-35)29(11-12-29)20-6-7-22(21(30)17-20)32-26(37)24(31)19-5-4-8-28(18-19)9-10-28/h6-7,17,19,24-25H,3-5,8-16,18,31H2,1-2H3,(H,32,37)(H,33,36)/t19-,24-,25-/m0/s1. The maximum atomic E-state index is 15.4. The first-order valence-corrected chi connectivity index (χ1v) is 14.3. The molecule has 1 saturated heterocycles. The van der Waals surface area contributed by atoms with Crippen LogP contribution in [0.25, 0.3) is 0 Å². The Morgan fingerprint density at radius 1 is 1.11 bits per heavy atom. The van der Waals surface area contributed by atoms with E-state index in [-0.39, 0.29) is 35.7 Å². The number of amides is 3. The van der Waals surface area contributed by atoms with Crippen molar-refractivity contribution in [2.24, 2.45) is 17.1 Å². The Balaban J connectivity index is 1.30. The lowest BCUT2D eigenvalue weighted by Gasteiger charge is -2.37. The zero-order valence-corrected chi connectivity index (χ0v) is 22.7. The Labute approximate surface area is 224 Å². The number of benzene rings is 1. The van der Waals surface area contributed by atoms with Crippen LogP contribution in [-0.2, 0) is 19.8 Å². The van der Waals surface area contributed by atoms with Gasteiger partial charge in [-0.1, -0.05) is 19.4 Å². The zero-order chi connectivity index (χ0) is 27.1. The van der Waals surface area contributed by atoms with E-state index in [0.717, 1.165) is 32.4 Å². The molecule has 1 aliphatic heterocycles. The normalized spacial score (nSPS) is 25.4. The first-order valence-electron chi connectivity index (χ1n) is 14.3. The van der Waals surface area contributed by atoms with Gasteiger partial charge in [-0.3, -0.25) is 14.4 Å². The molecule has 1 spiro atoms. The predicted molar refractivity (Wildman–Crippen MR) is 144 cm³/mol. The van der Waals surface area contributed by atoms with Crippen molar-refractivity contribution in [1.82, 2.24) is 15.1 Å². The molecule has 1 aromatic rings. The summed E-state index contributed by atoms with van der Waals surface area (Å²) in [6.07, 6.45) is 8.33. The Kier molecular flexibility index (Phi) is 7.52. The van der Waals surface area contributed by atoms with E-state index < -0.39 is 23.3 Å². The number of nitrogens with one attached hydrogen (secondary N) is 2. The first-order chi connectivity index (χ1) is 18.2. The van der Waals surface area contributed by atoms with E-state index >= 15 is 4.39 Å². The topological polar surface area (TPSA) is 108 Å². The summed E-state index contributed by atoms with van der Waals surface area (Å²) < 4.78 is 15.4. The van der Waals surface area contributed by atoms with Crippen LogP contribution in [0.15, 0.2) is 18.2 Å². The lowest BCUT2D eigenvalue weighted by molar-refractivity contribution is -0.138. The van der Waals surface area contributed by atoms with Crippen molar-refractivity contribution >= 4 is 23.4 Å². The van der Waals surface area contributed by atoms with E-state index in [4.69, 9.17) is 5.73 Å². The molecule has 208 valence electrons. The second-order valence-corrected chi connectivity index (χ2v) is 12.2.